The van der Waals surface area contributed by atoms with Gasteiger partial charge in [0.1, 0.15) is 5.82 Å². The number of carbonyl (C=O) groups excluding carboxylic acids is 2. The second-order valence-corrected chi connectivity index (χ2v) is 5.90. The topological polar surface area (TPSA) is 40.6 Å². The van der Waals surface area contributed by atoms with Gasteiger partial charge in [0.25, 0.3) is 5.91 Å². The van der Waals surface area contributed by atoms with E-state index in [0.29, 0.717) is 25.2 Å². The SMILES string of the molecule is CC(=O)N1CCN(C(=O)c2cccc(F)c2)C[C@@H]1c1ccccc1. The molecule has 2 aromatic rings. The number of amides is 2. The minimum Gasteiger partial charge on any atom is -0.334 e. The maximum absolute atomic E-state index is 13.4. The van der Waals surface area contributed by atoms with E-state index in [-0.39, 0.29) is 17.9 Å². The van der Waals surface area contributed by atoms with Gasteiger partial charge in [-0.3, -0.25) is 9.59 Å². The van der Waals surface area contributed by atoms with Gasteiger partial charge in [0.05, 0.1) is 6.04 Å². The fourth-order valence-corrected chi connectivity index (χ4v) is 3.11. The maximum atomic E-state index is 13.4. The number of hydrogen-bond donors (Lipinski definition) is 0. The van der Waals surface area contributed by atoms with Crippen molar-refractivity contribution >= 4 is 11.8 Å². The number of carbonyl (C=O) groups is 2. The molecule has 0 aliphatic carbocycles. The first-order valence-electron chi connectivity index (χ1n) is 7.93. The molecule has 24 heavy (non-hydrogen) atoms. The van der Waals surface area contributed by atoms with Gasteiger partial charge < -0.3 is 9.80 Å². The first-order valence-corrected chi connectivity index (χ1v) is 7.93. The van der Waals surface area contributed by atoms with Crippen molar-refractivity contribution in [1.29, 1.82) is 0 Å². The molecule has 3 rings (SSSR count). The molecule has 0 bridgehead atoms. The minimum absolute atomic E-state index is 0.0123. The zero-order chi connectivity index (χ0) is 17.1. The summed E-state index contributed by atoms with van der Waals surface area (Å²) in [6.45, 7) is 2.85. The Bertz CT molecular complexity index is 748. The first kappa shape index (κ1) is 16.2. The summed E-state index contributed by atoms with van der Waals surface area (Å²) < 4.78 is 13.4. The van der Waals surface area contributed by atoms with E-state index in [0.717, 1.165) is 5.56 Å². The van der Waals surface area contributed by atoms with Gasteiger partial charge in [0.15, 0.2) is 0 Å². The predicted octanol–water partition coefficient (Wildman–Crippen LogP) is 2.87. The maximum Gasteiger partial charge on any atom is 0.254 e. The molecule has 5 heteroatoms. The fourth-order valence-electron chi connectivity index (χ4n) is 3.11. The molecule has 0 aromatic heterocycles. The highest BCUT2D eigenvalue weighted by molar-refractivity contribution is 5.94. The smallest absolute Gasteiger partial charge is 0.254 e. The summed E-state index contributed by atoms with van der Waals surface area (Å²) >= 11 is 0. The van der Waals surface area contributed by atoms with E-state index in [9.17, 15) is 14.0 Å². The van der Waals surface area contributed by atoms with Gasteiger partial charge in [-0.15, -0.1) is 0 Å². The summed E-state index contributed by atoms with van der Waals surface area (Å²) in [5.74, 6) is -0.650. The largest absolute Gasteiger partial charge is 0.334 e. The van der Waals surface area contributed by atoms with Crippen LogP contribution in [0.15, 0.2) is 54.6 Å². The number of nitrogens with zero attached hydrogens (tertiary/aromatic N) is 2. The van der Waals surface area contributed by atoms with E-state index in [1.807, 2.05) is 30.3 Å². The molecule has 2 amide bonds. The van der Waals surface area contributed by atoms with E-state index < -0.39 is 5.82 Å². The lowest BCUT2D eigenvalue weighted by atomic mass is 10.0. The Morgan fingerprint density at radius 1 is 1.04 bits per heavy atom. The summed E-state index contributed by atoms with van der Waals surface area (Å²) in [6.07, 6.45) is 0. The zero-order valence-corrected chi connectivity index (χ0v) is 13.5. The highest BCUT2D eigenvalue weighted by Gasteiger charge is 2.32. The van der Waals surface area contributed by atoms with Crippen LogP contribution in [-0.4, -0.2) is 41.2 Å². The van der Waals surface area contributed by atoms with Crippen LogP contribution in [0.1, 0.15) is 28.9 Å². The van der Waals surface area contributed by atoms with Crippen molar-refractivity contribution in [3.63, 3.8) is 0 Å². The van der Waals surface area contributed by atoms with Gasteiger partial charge in [-0.1, -0.05) is 36.4 Å². The molecule has 1 heterocycles. The van der Waals surface area contributed by atoms with Crippen molar-refractivity contribution in [2.75, 3.05) is 19.6 Å². The van der Waals surface area contributed by atoms with Crippen LogP contribution in [0.25, 0.3) is 0 Å². The highest BCUT2D eigenvalue weighted by Crippen LogP contribution is 2.26. The Hall–Kier alpha value is -2.69. The zero-order valence-electron chi connectivity index (χ0n) is 13.5. The summed E-state index contributed by atoms with van der Waals surface area (Å²) in [7, 11) is 0. The summed E-state index contributed by atoms with van der Waals surface area (Å²) in [6, 6.07) is 15.2. The van der Waals surface area contributed by atoms with Crippen LogP contribution in [0.2, 0.25) is 0 Å². The Morgan fingerprint density at radius 3 is 2.46 bits per heavy atom. The van der Waals surface area contributed by atoms with Gasteiger partial charge in [-0.2, -0.15) is 0 Å². The molecule has 1 saturated heterocycles. The van der Waals surface area contributed by atoms with Crippen LogP contribution < -0.4 is 0 Å². The van der Waals surface area contributed by atoms with E-state index in [2.05, 4.69) is 0 Å². The third-order valence-corrected chi connectivity index (χ3v) is 4.33. The number of hydrogen-bond acceptors (Lipinski definition) is 2. The summed E-state index contributed by atoms with van der Waals surface area (Å²) in [5.41, 5.74) is 1.32. The normalized spacial score (nSPS) is 17.7. The Kier molecular flexibility index (Phi) is 4.60. The van der Waals surface area contributed by atoms with Crippen molar-refractivity contribution in [1.82, 2.24) is 9.80 Å². The van der Waals surface area contributed by atoms with Crippen molar-refractivity contribution in [3.8, 4) is 0 Å². The molecular formula is C19H19FN2O2. The van der Waals surface area contributed by atoms with E-state index in [1.165, 1.54) is 18.2 Å². The van der Waals surface area contributed by atoms with Crippen molar-refractivity contribution in [3.05, 3.63) is 71.5 Å². The molecule has 1 aliphatic heterocycles. The first-order chi connectivity index (χ1) is 11.6. The van der Waals surface area contributed by atoms with Crippen molar-refractivity contribution in [2.45, 2.75) is 13.0 Å². The second-order valence-electron chi connectivity index (χ2n) is 5.90. The van der Waals surface area contributed by atoms with Gasteiger partial charge in [-0.25, -0.2) is 4.39 Å². The molecule has 124 valence electrons. The average molecular weight is 326 g/mol. The lowest BCUT2D eigenvalue weighted by Crippen LogP contribution is -2.51. The third-order valence-electron chi connectivity index (χ3n) is 4.33. The van der Waals surface area contributed by atoms with E-state index in [4.69, 9.17) is 0 Å². The van der Waals surface area contributed by atoms with Crippen molar-refractivity contribution < 1.29 is 14.0 Å². The molecule has 0 spiro atoms. The molecule has 1 aliphatic rings. The summed E-state index contributed by atoms with van der Waals surface area (Å²) in [5, 5.41) is 0. The second kappa shape index (κ2) is 6.83. The van der Waals surface area contributed by atoms with Crippen LogP contribution in [-0.2, 0) is 4.79 Å². The lowest BCUT2D eigenvalue weighted by Gasteiger charge is -2.41. The fraction of sp³-hybridized carbons (Fsp3) is 0.263. The van der Waals surface area contributed by atoms with Crippen LogP contribution in [0.5, 0.6) is 0 Å². The standard InChI is InChI=1S/C19H19FN2O2/c1-14(23)22-11-10-21(13-18(22)15-6-3-2-4-7-15)19(24)16-8-5-9-17(20)12-16/h2-9,12,18H,10-11,13H2,1H3/t18-/m1/s1. The third kappa shape index (κ3) is 3.30. The van der Waals surface area contributed by atoms with Gasteiger partial charge in [0, 0.05) is 32.1 Å². The highest BCUT2D eigenvalue weighted by atomic mass is 19.1. The molecule has 0 N–H and O–H groups in total. The van der Waals surface area contributed by atoms with E-state index >= 15 is 0 Å². The number of halogens is 1. The van der Waals surface area contributed by atoms with Crippen LogP contribution >= 0.6 is 0 Å². The predicted molar refractivity (Wildman–Crippen MR) is 88.9 cm³/mol. The molecule has 0 unspecified atom stereocenters. The molecule has 4 nitrogen and oxygen atoms in total. The number of rotatable bonds is 2. The van der Waals surface area contributed by atoms with E-state index in [1.54, 1.807) is 22.8 Å². The lowest BCUT2D eigenvalue weighted by molar-refractivity contribution is -0.133. The molecule has 1 fully saturated rings. The van der Waals surface area contributed by atoms with Crippen LogP contribution in [0.4, 0.5) is 4.39 Å². The van der Waals surface area contributed by atoms with Gasteiger partial charge in [-0.05, 0) is 23.8 Å². The Morgan fingerprint density at radius 2 is 1.79 bits per heavy atom. The molecule has 2 aromatic carbocycles. The monoisotopic (exact) mass is 326 g/mol. The van der Waals surface area contributed by atoms with Gasteiger partial charge >= 0.3 is 0 Å². The van der Waals surface area contributed by atoms with Crippen LogP contribution in [0.3, 0.4) is 0 Å². The quantitative estimate of drug-likeness (QED) is 0.851. The Balaban J connectivity index is 1.85. The molecule has 0 saturated carbocycles. The molecule has 0 radical (unpaired) electrons. The van der Waals surface area contributed by atoms with Crippen molar-refractivity contribution in [2.24, 2.45) is 0 Å². The minimum atomic E-state index is -0.428. The molecule has 1 atom stereocenters. The Labute approximate surface area is 140 Å². The molecular weight excluding hydrogens is 307 g/mol. The number of piperazine rings is 1. The van der Waals surface area contributed by atoms with Gasteiger partial charge in [0.2, 0.25) is 5.91 Å². The van der Waals surface area contributed by atoms with Crippen LogP contribution in [0, 0.1) is 5.82 Å². The number of benzene rings is 2. The average Bonchev–Trinajstić information content (AvgIpc) is 2.61. The summed E-state index contributed by atoms with van der Waals surface area (Å²) in [4.78, 5) is 28.1.